The Kier molecular flexibility index (Phi) is 7.89. The van der Waals surface area contributed by atoms with Crippen LogP contribution in [0, 0.1) is 0 Å². The lowest BCUT2D eigenvalue weighted by atomic mass is 10.6. The molecule has 0 rings (SSSR count). The molecule has 7 heteroatoms. The molecule has 0 radical (unpaired) electrons. The van der Waals surface area contributed by atoms with Gasteiger partial charge in [-0.05, 0) is 0 Å². The second-order valence-corrected chi connectivity index (χ2v) is 5.01. The number of rotatable bonds is 9. The van der Waals surface area contributed by atoms with E-state index in [1.54, 1.807) is 0 Å². The zero-order chi connectivity index (χ0) is 11.7. The summed E-state index contributed by atoms with van der Waals surface area (Å²) in [5, 5.41) is 8.75. The van der Waals surface area contributed by atoms with Crippen molar-refractivity contribution in [3.8, 4) is 0 Å². The highest BCUT2D eigenvalue weighted by molar-refractivity contribution is 7.89. The molecule has 0 spiro atoms. The van der Waals surface area contributed by atoms with E-state index in [1.165, 1.54) is 18.5 Å². The van der Waals surface area contributed by atoms with Crippen molar-refractivity contribution in [2.75, 3.05) is 52.9 Å². The molecule has 0 aromatic carbocycles. The molecular weight excluding hydrogens is 222 g/mol. The number of sulfonamides is 1. The van der Waals surface area contributed by atoms with Crippen LogP contribution in [0.1, 0.15) is 0 Å². The minimum Gasteiger partial charge on any atom is -0.395 e. The Balaban J connectivity index is 4.30. The van der Waals surface area contributed by atoms with Crippen molar-refractivity contribution in [1.82, 2.24) is 4.31 Å². The van der Waals surface area contributed by atoms with E-state index in [1.807, 2.05) is 0 Å². The zero-order valence-electron chi connectivity index (χ0n) is 9.18. The van der Waals surface area contributed by atoms with Crippen LogP contribution in [-0.4, -0.2) is 70.7 Å². The second-order valence-electron chi connectivity index (χ2n) is 2.92. The third kappa shape index (κ3) is 6.06. The van der Waals surface area contributed by atoms with E-state index in [9.17, 15) is 8.42 Å². The standard InChI is InChI=1S/C8H19NO5S/c1-13-6-4-9(3-5-10)15(11,12)8-7-14-2/h10H,3-8H2,1-2H3. The maximum absolute atomic E-state index is 11.7. The van der Waals surface area contributed by atoms with Crippen molar-refractivity contribution in [3.63, 3.8) is 0 Å². The molecule has 0 atom stereocenters. The van der Waals surface area contributed by atoms with Crippen molar-refractivity contribution in [3.05, 3.63) is 0 Å². The predicted octanol–water partition coefficient (Wildman–Crippen LogP) is -1.10. The number of nitrogens with zero attached hydrogens (tertiary/aromatic N) is 1. The Hall–Kier alpha value is -0.210. The third-order valence-corrected chi connectivity index (χ3v) is 3.67. The minimum atomic E-state index is -3.35. The Morgan fingerprint density at radius 3 is 2.20 bits per heavy atom. The average Bonchev–Trinajstić information content (AvgIpc) is 2.21. The van der Waals surface area contributed by atoms with Gasteiger partial charge in [0.1, 0.15) is 0 Å². The van der Waals surface area contributed by atoms with Crippen molar-refractivity contribution in [1.29, 1.82) is 0 Å². The van der Waals surface area contributed by atoms with Crippen LogP contribution in [0.2, 0.25) is 0 Å². The van der Waals surface area contributed by atoms with E-state index < -0.39 is 10.0 Å². The Bertz CT molecular complexity index is 241. The molecule has 6 nitrogen and oxygen atoms in total. The summed E-state index contributed by atoms with van der Waals surface area (Å²) < 4.78 is 34.0. The number of aliphatic hydroxyl groups excluding tert-OH is 1. The fourth-order valence-electron chi connectivity index (χ4n) is 1.01. The summed E-state index contributed by atoms with van der Waals surface area (Å²) in [6, 6.07) is 0. The maximum Gasteiger partial charge on any atom is 0.216 e. The summed E-state index contributed by atoms with van der Waals surface area (Å²) >= 11 is 0. The van der Waals surface area contributed by atoms with Crippen LogP contribution in [-0.2, 0) is 19.5 Å². The summed E-state index contributed by atoms with van der Waals surface area (Å²) in [7, 11) is -0.406. The van der Waals surface area contributed by atoms with Crippen LogP contribution >= 0.6 is 0 Å². The molecule has 0 heterocycles. The third-order valence-electron chi connectivity index (χ3n) is 1.83. The number of hydrogen-bond acceptors (Lipinski definition) is 5. The van der Waals surface area contributed by atoms with Crippen LogP contribution in [0.25, 0.3) is 0 Å². The maximum atomic E-state index is 11.7. The van der Waals surface area contributed by atoms with Gasteiger partial charge in [0.15, 0.2) is 0 Å². The van der Waals surface area contributed by atoms with Crippen molar-refractivity contribution < 1.29 is 23.0 Å². The number of methoxy groups -OCH3 is 2. The van der Waals surface area contributed by atoms with Gasteiger partial charge in [-0.25, -0.2) is 8.42 Å². The predicted molar refractivity (Wildman–Crippen MR) is 56.2 cm³/mol. The SMILES string of the molecule is COCCN(CCO)S(=O)(=O)CCOC. The van der Waals surface area contributed by atoms with Gasteiger partial charge < -0.3 is 14.6 Å². The molecule has 0 unspecified atom stereocenters. The molecule has 92 valence electrons. The fourth-order valence-corrected chi connectivity index (χ4v) is 2.36. The first-order valence-corrected chi connectivity index (χ1v) is 6.26. The lowest BCUT2D eigenvalue weighted by Crippen LogP contribution is -2.38. The highest BCUT2D eigenvalue weighted by atomic mass is 32.2. The van der Waals surface area contributed by atoms with Gasteiger partial charge in [-0.15, -0.1) is 0 Å². The van der Waals surface area contributed by atoms with Gasteiger partial charge in [0.25, 0.3) is 0 Å². The molecular formula is C8H19NO5S. The van der Waals surface area contributed by atoms with Gasteiger partial charge >= 0.3 is 0 Å². The summed E-state index contributed by atoms with van der Waals surface area (Å²) in [6.07, 6.45) is 0. The molecule has 0 aliphatic carbocycles. The fraction of sp³-hybridized carbons (Fsp3) is 1.00. The molecule has 0 saturated carbocycles. The van der Waals surface area contributed by atoms with Gasteiger partial charge in [0, 0.05) is 27.3 Å². The zero-order valence-corrected chi connectivity index (χ0v) is 9.99. The molecule has 0 aromatic rings. The summed E-state index contributed by atoms with van der Waals surface area (Å²) in [6.45, 7) is 0.609. The molecule has 0 bridgehead atoms. The van der Waals surface area contributed by atoms with Crippen molar-refractivity contribution >= 4 is 10.0 Å². The largest absolute Gasteiger partial charge is 0.395 e. The van der Waals surface area contributed by atoms with Gasteiger partial charge in [-0.3, -0.25) is 0 Å². The molecule has 1 N–H and O–H groups in total. The van der Waals surface area contributed by atoms with Crippen LogP contribution in [0.5, 0.6) is 0 Å². The van der Waals surface area contributed by atoms with Crippen molar-refractivity contribution in [2.45, 2.75) is 0 Å². The lowest BCUT2D eigenvalue weighted by molar-refractivity contribution is 0.167. The van der Waals surface area contributed by atoms with E-state index in [-0.39, 0.29) is 32.1 Å². The summed E-state index contributed by atoms with van der Waals surface area (Å²) in [5.74, 6) is -0.0762. The van der Waals surface area contributed by atoms with Crippen molar-refractivity contribution in [2.24, 2.45) is 0 Å². The van der Waals surface area contributed by atoms with Gasteiger partial charge in [-0.2, -0.15) is 4.31 Å². The molecule has 0 amide bonds. The van der Waals surface area contributed by atoms with Crippen LogP contribution in [0.4, 0.5) is 0 Å². The molecule has 0 aliphatic rings. The topological polar surface area (TPSA) is 76.1 Å². The molecule has 15 heavy (non-hydrogen) atoms. The molecule has 0 aromatic heterocycles. The van der Waals surface area contributed by atoms with Gasteiger partial charge in [0.2, 0.25) is 10.0 Å². The Morgan fingerprint density at radius 1 is 1.13 bits per heavy atom. The van der Waals surface area contributed by atoms with E-state index in [0.717, 1.165) is 0 Å². The van der Waals surface area contributed by atoms with Crippen LogP contribution in [0.15, 0.2) is 0 Å². The quantitative estimate of drug-likeness (QED) is 0.555. The Labute approximate surface area is 90.8 Å². The first-order valence-electron chi connectivity index (χ1n) is 4.65. The average molecular weight is 241 g/mol. The number of ether oxygens (including phenoxy) is 2. The van der Waals surface area contributed by atoms with Crippen LogP contribution < -0.4 is 0 Å². The van der Waals surface area contributed by atoms with E-state index >= 15 is 0 Å². The Morgan fingerprint density at radius 2 is 1.73 bits per heavy atom. The number of hydrogen-bond donors (Lipinski definition) is 1. The summed E-state index contributed by atoms with van der Waals surface area (Å²) in [4.78, 5) is 0. The smallest absolute Gasteiger partial charge is 0.216 e. The summed E-state index contributed by atoms with van der Waals surface area (Å²) in [5.41, 5.74) is 0. The van der Waals surface area contributed by atoms with Gasteiger partial charge in [-0.1, -0.05) is 0 Å². The number of aliphatic hydroxyl groups is 1. The molecule has 0 fully saturated rings. The monoisotopic (exact) mass is 241 g/mol. The highest BCUT2D eigenvalue weighted by Gasteiger charge is 2.20. The first-order chi connectivity index (χ1) is 7.08. The normalized spacial score (nSPS) is 12.3. The minimum absolute atomic E-state index is 0.0762. The highest BCUT2D eigenvalue weighted by Crippen LogP contribution is 2.01. The lowest BCUT2D eigenvalue weighted by Gasteiger charge is -2.20. The first kappa shape index (κ1) is 14.8. The van der Waals surface area contributed by atoms with E-state index in [0.29, 0.717) is 6.61 Å². The molecule has 0 saturated heterocycles. The second kappa shape index (κ2) is 8.00. The van der Waals surface area contributed by atoms with Crippen LogP contribution in [0.3, 0.4) is 0 Å². The van der Waals surface area contributed by atoms with E-state index in [2.05, 4.69) is 0 Å². The van der Waals surface area contributed by atoms with Gasteiger partial charge in [0.05, 0.1) is 25.6 Å². The van der Waals surface area contributed by atoms with E-state index in [4.69, 9.17) is 14.6 Å². The molecule has 0 aliphatic heterocycles.